The van der Waals surface area contributed by atoms with Gasteiger partial charge in [-0.2, -0.15) is 0 Å². The smallest absolute Gasteiger partial charge is 0.327 e. The van der Waals surface area contributed by atoms with Gasteiger partial charge in [-0.1, -0.05) is 19.1 Å². The summed E-state index contributed by atoms with van der Waals surface area (Å²) < 4.78 is 7.17. The zero-order chi connectivity index (χ0) is 14.6. The Labute approximate surface area is 118 Å². The van der Waals surface area contributed by atoms with E-state index in [1.54, 1.807) is 6.33 Å². The van der Waals surface area contributed by atoms with E-state index in [-0.39, 0.29) is 5.97 Å². The highest BCUT2D eigenvalue weighted by molar-refractivity contribution is 5.81. The Balaban J connectivity index is 2.30. The Bertz CT molecular complexity index is 594. The first-order valence-electron chi connectivity index (χ1n) is 6.93. The van der Waals surface area contributed by atoms with Gasteiger partial charge in [-0.3, -0.25) is 0 Å². The zero-order valence-corrected chi connectivity index (χ0v) is 12.2. The summed E-state index contributed by atoms with van der Waals surface area (Å²) >= 11 is 0. The van der Waals surface area contributed by atoms with Gasteiger partial charge in [-0.25, -0.2) is 9.78 Å². The number of nitrogens with zero attached hydrogens (tertiary/aromatic N) is 2. The molecular weight excluding hydrogens is 254 g/mol. The summed E-state index contributed by atoms with van der Waals surface area (Å²) in [6, 6.07) is 7.88. The summed E-state index contributed by atoms with van der Waals surface area (Å²) in [4.78, 5) is 16.6. The fourth-order valence-electron chi connectivity index (χ4n) is 2.35. The molecule has 0 saturated carbocycles. The number of imidazole rings is 1. The first kappa shape index (κ1) is 14.5. The molecule has 0 aliphatic heterocycles. The molecule has 1 N–H and O–H groups in total. The molecule has 0 spiro atoms. The number of carbonyl (C=O) groups excluding carboxylic acids is 1. The topological polar surface area (TPSA) is 56.2 Å². The quantitative estimate of drug-likeness (QED) is 0.819. The molecule has 2 aromatic rings. The third kappa shape index (κ3) is 2.82. The minimum atomic E-state index is -0.756. The van der Waals surface area contributed by atoms with Crippen LogP contribution in [-0.4, -0.2) is 34.2 Å². The minimum absolute atomic E-state index is 0.236. The Kier molecular flexibility index (Phi) is 4.39. The van der Waals surface area contributed by atoms with Crippen molar-refractivity contribution < 1.29 is 9.53 Å². The second-order valence-electron chi connectivity index (χ2n) is 4.94. The molecule has 0 aliphatic carbocycles. The van der Waals surface area contributed by atoms with Crippen molar-refractivity contribution in [1.82, 2.24) is 14.9 Å². The first-order valence-corrected chi connectivity index (χ1v) is 6.93. The average Bonchev–Trinajstić information content (AvgIpc) is 2.83. The number of hydrogen-bond donors (Lipinski definition) is 1. The number of benzene rings is 1. The summed E-state index contributed by atoms with van der Waals surface area (Å²) in [5, 5.41) is 3.22. The van der Waals surface area contributed by atoms with Crippen LogP contribution in [0.4, 0.5) is 0 Å². The fraction of sp³-hybridized carbons (Fsp3) is 0.467. The van der Waals surface area contributed by atoms with Crippen molar-refractivity contribution in [3.8, 4) is 0 Å². The lowest BCUT2D eigenvalue weighted by Crippen LogP contribution is -2.53. The van der Waals surface area contributed by atoms with Gasteiger partial charge in [0.2, 0.25) is 0 Å². The first-order chi connectivity index (χ1) is 9.60. The number of para-hydroxylation sites is 2. The molecule has 1 heterocycles. The van der Waals surface area contributed by atoms with Gasteiger partial charge in [-0.05, 0) is 32.5 Å². The summed E-state index contributed by atoms with van der Waals surface area (Å²) in [5.74, 6) is -0.236. The lowest BCUT2D eigenvalue weighted by Gasteiger charge is -2.28. The highest BCUT2D eigenvalue weighted by atomic mass is 16.5. The van der Waals surface area contributed by atoms with Crippen molar-refractivity contribution in [2.45, 2.75) is 32.9 Å². The molecule has 20 heavy (non-hydrogen) atoms. The molecule has 1 atom stereocenters. The molecule has 0 fully saturated rings. The maximum Gasteiger partial charge on any atom is 0.327 e. The van der Waals surface area contributed by atoms with E-state index in [0.29, 0.717) is 19.7 Å². The number of nitrogens with one attached hydrogen (secondary N) is 1. The van der Waals surface area contributed by atoms with Crippen molar-refractivity contribution in [2.75, 3.05) is 13.2 Å². The molecule has 0 saturated heterocycles. The standard InChI is InChI=1S/C15H21N3O2/c1-4-17-15(3,14(19)20-5-2)10-18-11-16-12-8-6-7-9-13(12)18/h6-9,11,17H,4-5,10H2,1-3H3. The number of carbonyl (C=O) groups is 1. The predicted molar refractivity (Wildman–Crippen MR) is 78.4 cm³/mol. The number of esters is 1. The Morgan fingerprint density at radius 3 is 2.85 bits per heavy atom. The largest absolute Gasteiger partial charge is 0.465 e. The van der Waals surface area contributed by atoms with Crippen molar-refractivity contribution in [3.63, 3.8) is 0 Å². The van der Waals surface area contributed by atoms with E-state index in [0.717, 1.165) is 11.0 Å². The van der Waals surface area contributed by atoms with Gasteiger partial charge < -0.3 is 14.6 Å². The number of likely N-dealkylation sites (N-methyl/N-ethyl adjacent to an activating group) is 1. The molecule has 5 heteroatoms. The molecule has 0 radical (unpaired) electrons. The van der Waals surface area contributed by atoms with Crippen molar-refractivity contribution in [3.05, 3.63) is 30.6 Å². The number of rotatable bonds is 6. The molecule has 0 aliphatic rings. The average molecular weight is 275 g/mol. The normalized spacial score (nSPS) is 14.2. The van der Waals surface area contributed by atoms with E-state index in [9.17, 15) is 4.79 Å². The zero-order valence-electron chi connectivity index (χ0n) is 12.2. The van der Waals surface area contributed by atoms with Gasteiger partial charge >= 0.3 is 5.97 Å². The monoisotopic (exact) mass is 275 g/mol. The van der Waals surface area contributed by atoms with Crippen molar-refractivity contribution in [1.29, 1.82) is 0 Å². The lowest BCUT2D eigenvalue weighted by molar-refractivity contribution is -0.151. The predicted octanol–water partition coefficient (Wildman–Crippen LogP) is 1.97. The Morgan fingerprint density at radius 2 is 2.15 bits per heavy atom. The van der Waals surface area contributed by atoms with E-state index in [4.69, 9.17) is 4.74 Å². The molecule has 2 rings (SSSR count). The van der Waals surface area contributed by atoms with Crippen LogP contribution in [0.15, 0.2) is 30.6 Å². The SMILES string of the molecule is CCNC(C)(Cn1cnc2ccccc21)C(=O)OCC. The van der Waals surface area contributed by atoms with Gasteiger partial charge in [0.05, 0.1) is 30.5 Å². The summed E-state index contributed by atoms with van der Waals surface area (Å²) in [7, 11) is 0. The number of fused-ring (bicyclic) bond motifs is 1. The van der Waals surface area contributed by atoms with Crippen LogP contribution in [0.3, 0.4) is 0 Å². The van der Waals surface area contributed by atoms with Gasteiger partial charge in [0.1, 0.15) is 5.54 Å². The number of ether oxygens (including phenoxy) is 1. The molecule has 0 amide bonds. The molecular formula is C15H21N3O2. The van der Waals surface area contributed by atoms with E-state index in [1.165, 1.54) is 0 Å². The minimum Gasteiger partial charge on any atom is -0.465 e. The van der Waals surface area contributed by atoms with Crippen LogP contribution in [0.5, 0.6) is 0 Å². The van der Waals surface area contributed by atoms with Crippen LogP contribution in [0.25, 0.3) is 11.0 Å². The second kappa shape index (κ2) is 6.05. The molecule has 108 valence electrons. The highest BCUT2D eigenvalue weighted by Crippen LogP contribution is 2.17. The number of aromatic nitrogens is 2. The van der Waals surface area contributed by atoms with Crippen LogP contribution in [0, 0.1) is 0 Å². The molecule has 1 aromatic carbocycles. The Hall–Kier alpha value is -1.88. The number of hydrogen-bond acceptors (Lipinski definition) is 4. The van der Waals surface area contributed by atoms with E-state index in [1.807, 2.05) is 49.6 Å². The molecule has 5 nitrogen and oxygen atoms in total. The van der Waals surface area contributed by atoms with Gasteiger partial charge in [-0.15, -0.1) is 0 Å². The highest BCUT2D eigenvalue weighted by Gasteiger charge is 2.34. The van der Waals surface area contributed by atoms with Crippen LogP contribution in [0.2, 0.25) is 0 Å². The maximum atomic E-state index is 12.2. The summed E-state index contributed by atoms with van der Waals surface area (Å²) in [6.07, 6.45) is 1.76. The van der Waals surface area contributed by atoms with Gasteiger partial charge in [0.25, 0.3) is 0 Å². The second-order valence-corrected chi connectivity index (χ2v) is 4.94. The maximum absolute atomic E-state index is 12.2. The van der Waals surface area contributed by atoms with E-state index >= 15 is 0 Å². The van der Waals surface area contributed by atoms with Crippen molar-refractivity contribution in [2.24, 2.45) is 0 Å². The van der Waals surface area contributed by atoms with Crippen LogP contribution in [0.1, 0.15) is 20.8 Å². The van der Waals surface area contributed by atoms with E-state index in [2.05, 4.69) is 10.3 Å². The van der Waals surface area contributed by atoms with E-state index < -0.39 is 5.54 Å². The summed E-state index contributed by atoms with van der Waals surface area (Å²) in [6.45, 7) is 7.22. The molecule has 0 bridgehead atoms. The van der Waals surface area contributed by atoms with Crippen LogP contribution >= 0.6 is 0 Å². The third-order valence-electron chi connectivity index (χ3n) is 3.31. The van der Waals surface area contributed by atoms with Gasteiger partial charge in [0.15, 0.2) is 0 Å². The molecule has 1 unspecified atom stereocenters. The van der Waals surface area contributed by atoms with Gasteiger partial charge in [0, 0.05) is 0 Å². The van der Waals surface area contributed by atoms with Crippen molar-refractivity contribution >= 4 is 17.0 Å². The third-order valence-corrected chi connectivity index (χ3v) is 3.31. The molecule has 1 aromatic heterocycles. The lowest BCUT2D eigenvalue weighted by atomic mass is 10.0. The summed E-state index contributed by atoms with van der Waals surface area (Å²) in [5.41, 5.74) is 1.19. The van der Waals surface area contributed by atoms with Crippen LogP contribution < -0.4 is 5.32 Å². The fourth-order valence-corrected chi connectivity index (χ4v) is 2.35. The Morgan fingerprint density at radius 1 is 1.40 bits per heavy atom. The van der Waals surface area contributed by atoms with Crippen LogP contribution in [-0.2, 0) is 16.1 Å².